The summed E-state index contributed by atoms with van der Waals surface area (Å²) < 4.78 is 35.9. The van der Waals surface area contributed by atoms with E-state index in [9.17, 15) is 18.3 Å². The Labute approximate surface area is 150 Å². The molecule has 8 nitrogen and oxygen atoms in total. The Morgan fingerprint density at radius 2 is 2.12 bits per heavy atom. The Hall–Kier alpha value is -2.81. The van der Waals surface area contributed by atoms with Crippen molar-refractivity contribution in [2.24, 2.45) is 4.99 Å². The van der Waals surface area contributed by atoms with Gasteiger partial charge in [0.15, 0.2) is 0 Å². The van der Waals surface area contributed by atoms with Gasteiger partial charge in [-0.3, -0.25) is 9.30 Å². The van der Waals surface area contributed by atoms with E-state index in [-0.39, 0.29) is 22.8 Å². The summed E-state index contributed by atoms with van der Waals surface area (Å²) in [6.45, 7) is 1.92. The predicted molar refractivity (Wildman–Crippen MR) is 97.4 cm³/mol. The van der Waals surface area contributed by atoms with Gasteiger partial charge in [0.25, 0.3) is 0 Å². The molecule has 0 aliphatic carbocycles. The number of benzene rings is 1. The molecule has 2 heterocycles. The second-order valence-electron chi connectivity index (χ2n) is 5.80. The maximum atomic E-state index is 12.2. The SMILES string of the molecule is COc1ccc(N=Cc2c(O)cc(C)oc2=O)cc1N1CCCS1(=O)=O. The fraction of sp³-hybridized carbons (Fsp3) is 0.294. The Morgan fingerprint density at radius 3 is 2.73 bits per heavy atom. The van der Waals surface area contributed by atoms with Gasteiger partial charge in [-0.1, -0.05) is 0 Å². The van der Waals surface area contributed by atoms with Crippen LogP contribution in [0.4, 0.5) is 11.4 Å². The van der Waals surface area contributed by atoms with Crippen LogP contribution in [0.1, 0.15) is 17.7 Å². The van der Waals surface area contributed by atoms with Crippen molar-refractivity contribution in [2.45, 2.75) is 13.3 Å². The van der Waals surface area contributed by atoms with E-state index >= 15 is 0 Å². The maximum absolute atomic E-state index is 12.2. The maximum Gasteiger partial charge on any atom is 0.348 e. The van der Waals surface area contributed by atoms with Gasteiger partial charge in [-0.05, 0) is 31.5 Å². The molecule has 0 atom stereocenters. The zero-order chi connectivity index (χ0) is 18.9. The van der Waals surface area contributed by atoms with Gasteiger partial charge in [0.05, 0.1) is 24.2 Å². The summed E-state index contributed by atoms with van der Waals surface area (Å²) in [5.74, 6) is 0.545. The molecule has 0 bridgehead atoms. The van der Waals surface area contributed by atoms with Crippen LogP contribution in [-0.2, 0) is 10.0 Å². The monoisotopic (exact) mass is 378 g/mol. The molecule has 3 rings (SSSR count). The van der Waals surface area contributed by atoms with Gasteiger partial charge in [-0.25, -0.2) is 13.2 Å². The number of aryl methyl sites for hydroxylation is 1. The number of nitrogens with zero attached hydrogens (tertiary/aromatic N) is 2. The van der Waals surface area contributed by atoms with E-state index in [0.717, 1.165) is 0 Å². The number of methoxy groups -OCH3 is 1. The van der Waals surface area contributed by atoms with Crippen LogP contribution < -0.4 is 14.7 Å². The van der Waals surface area contributed by atoms with Crippen molar-refractivity contribution in [3.63, 3.8) is 0 Å². The number of hydrogen-bond acceptors (Lipinski definition) is 7. The first-order valence-electron chi connectivity index (χ1n) is 7.88. The third-order valence-corrected chi connectivity index (χ3v) is 5.82. The van der Waals surface area contributed by atoms with Crippen LogP contribution in [0.5, 0.6) is 11.5 Å². The van der Waals surface area contributed by atoms with E-state index in [1.54, 1.807) is 25.1 Å². The van der Waals surface area contributed by atoms with E-state index in [0.29, 0.717) is 30.1 Å². The van der Waals surface area contributed by atoms with Crippen molar-refractivity contribution in [2.75, 3.05) is 23.7 Å². The van der Waals surface area contributed by atoms with E-state index < -0.39 is 15.6 Å². The van der Waals surface area contributed by atoms with Crippen LogP contribution in [-0.4, -0.2) is 39.1 Å². The number of sulfonamides is 1. The second kappa shape index (κ2) is 6.83. The number of rotatable bonds is 4. The average Bonchev–Trinajstić information content (AvgIpc) is 2.92. The van der Waals surface area contributed by atoms with E-state index in [4.69, 9.17) is 9.15 Å². The van der Waals surface area contributed by atoms with Crippen molar-refractivity contribution >= 4 is 27.6 Å². The molecule has 1 aliphatic heterocycles. The molecule has 1 N–H and O–H groups in total. The summed E-state index contributed by atoms with van der Waals surface area (Å²) >= 11 is 0. The first kappa shape index (κ1) is 18.0. The standard InChI is InChI=1S/C17H18N2O6S/c1-11-8-15(20)13(17(21)25-11)10-18-12-4-5-16(24-2)14(9-12)19-6-3-7-26(19,22)23/h4-5,8-10,20H,3,6-7H2,1-2H3. The van der Waals surface area contributed by atoms with E-state index in [1.165, 1.54) is 23.7 Å². The average molecular weight is 378 g/mol. The number of anilines is 1. The Balaban J connectivity index is 2.00. The highest BCUT2D eigenvalue weighted by Crippen LogP contribution is 2.36. The minimum absolute atomic E-state index is 0.0817. The molecule has 1 aromatic carbocycles. The molecule has 0 saturated carbocycles. The largest absolute Gasteiger partial charge is 0.507 e. The molecule has 0 amide bonds. The number of aromatic hydroxyl groups is 1. The first-order valence-corrected chi connectivity index (χ1v) is 9.49. The molecule has 1 aromatic heterocycles. The van der Waals surface area contributed by atoms with Crippen molar-refractivity contribution in [3.05, 3.63) is 46.0 Å². The van der Waals surface area contributed by atoms with Gasteiger partial charge in [0, 0.05) is 18.8 Å². The quantitative estimate of drug-likeness (QED) is 0.815. The molecule has 0 unspecified atom stereocenters. The summed E-state index contributed by atoms with van der Waals surface area (Å²) in [6.07, 6.45) is 1.72. The number of ether oxygens (including phenoxy) is 1. The van der Waals surface area contributed by atoms with Crippen LogP contribution in [0.2, 0.25) is 0 Å². The lowest BCUT2D eigenvalue weighted by atomic mass is 10.2. The van der Waals surface area contributed by atoms with Gasteiger partial charge in [-0.2, -0.15) is 0 Å². The summed E-state index contributed by atoms with van der Waals surface area (Å²) in [5, 5.41) is 9.87. The van der Waals surface area contributed by atoms with Crippen LogP contribution in [0.3, 0.4) is 0 Å². The predicted octanol–water partition coefficient (Wildman–Crippen LogP) is 1.95. The minimum atomic E-state index is -3.38. The summed E-state index contributed by atoms with van der Waals surface area (Å²) in [5.41, 5.74) is 0.00551. The Bertz CT molecular complexity index is 1030. The minimum Gasteiger partial charge on any atom is -0.507 e. The van der Waals surface area contributed by atoms with Crippen LogP contribution in [0, 0.1) is 6.92 Å². The Kier molecular flexibility index (Phi) is 4.73. The second-order valence-corrected chi connectivity index (χ2v) is 7.81. The fourth-order valence-corrected chi connectivity index (χ4v) is 4.29. The lowest BCUT2D eigenvalue weighted by molar-refractivity contribution is 0.415. The molecule has 138 valence electrons. The third-order valence-electron chi connectivity index (χ3n) is 3.96. The van der Waals surface area contributed by atoms with Gasteiger partial charge in [-0.15, -0.1) is 0 Å². The van der Waals surface area contributed by atoms with Crippen molar-refractivity contribution in [1.29, 1.82) is 0 Å². The van der Waals surface area contributed by atoms with Gasteiger partial charge in [0.1, 0.15) is 22.8 Å². The van der Waals surface area contributed by atoms with Crippen LogP contribution in [0.15, 0.2) is 38.5 Å². The molecule has 1 saturated heterocycles. The molecule has 26 heavy (non-hydrogen) atoms. The first-order chi connectivity index (χ1) is 12.3. The number of hydrogen-bond donors (Lipinski definition) is 1. The molecule has 1 fully saturated rings. The number of aliphatic imine (C=N–C) groups is 1. The Morgan fingerprint density at radius 1 is 1.35 bits per heavy atom. The van der Waals surface area contributed by atoms with Crippen molar-refractivity contribution < 1.29 is 22.7 Å². The summed E-state index contributed by atoms with van der Waals surface area (Å²) in [4.78, 5) is 16.0. The smallest absolute Gasteiger partial charge is 0.348 e. The molecule has 1 aliphatic rings. The molecule has 0 spiro atoms. The highest BCUT2D eigenvalue weighted by molar-refractivity contribution is 7.93. The lowest BCUT2D eigenvalue weighted by Gasteiger charge is -2.20. The molecule has 2 aromatic rings. The van der Waals surface area contributed by atoms with Gasteiger partial charge in [0.2, 0.25) is 10.0 Å². The van der Waals surface area contributed by atoms with Crippen molar-refractivity contribution in [3.8, 4) is 11.5 Å². The van der Waals surface area contributed by atoms with Crippen molar-refractivity contribution in [1.82, 2.24) is 0 Å². The molecule has 9 heteroatoms. The van der Waals surface area contributed by atoms with E-state index in [2.05, 4.69) is 4.99 Å². The third kappa shape index (κ3) is 3.43. The zero-order valence-electron chi connectivity index (χ0n) is 14.3. The summed E-state index contributed by atoms with van der Waals surface area (Å²) in [7, 11) is -1.92. The molecule has 0 radical (unpaired) electrons. The molecular weight excluding hydrogens is 360 g/mol. The van der Waals surface area contributed by atoms with Crippen LogP contribution in [0.25, 0.3) is 0 Å². The highest BCUT2D eigenvalue weighted by atomic mass is 32.2. The van der Waals surface area contributed by atoms with E-state index in [1.807, 2.05) is 0 Å². The topological polar surface area (TPSA) is 109 Å². The normalized spacial score (nSPS) is 16.3. The highest BCUT2D eigenvalue weighted by Gasteiger charge is 2.30. The van der Waals surface area contributed by atoms with Crippen LogP contribution >= 0.6 is 0 Å². The zero-order valence-corrected chi connectivity index (χ0v) is 15.1. The summed E-state index contributed by atoms with van der Waals surface area (Å²) in [6, 6.07) is 6.10. The van der Waals surface area contributed by atoms with Gasteiger partial charge < -0.3 is 14.3 Å². The lowest BCUT2D eigenvalue weighted by Crippen LogP contribution is -2.25. The van der Waals surface area contributed by atoms with Gasteiger partial charge >= 0.3 is 5.63 Å². The molecular formula is C17H18N2O6S. The fourth-order valence-electron chi connectivity index (χ4n) is 2.73.